The van der Waals surface area contributed by atoms with E-state index in [0.717, 1.165) is 25.7 Å². The Morgan fingerprint density at radius 2 is 2.06 bits per heavy atom. The third-order valence-electron chi connectivity index (χ3n) is 3.26. The van der Waals surface area contributed by atoms with E-state index >= 15 is 0 Å². The lowest BCUT2D eigenvalue weighted by Gasteiger charge is -2.37. The van der Waals surface area contributed by atoms with Gasteiger partial charge in [0.1, 0.15) is 0 Å². The quantitative estimate of drug-likeness (QED) is 0.657. The molecule has 0 amide bonds. The van der Waals surface area contributed by atoms with E-state index in [-0.39, 0.29) is 0 Å². The lowest BCUT2D eigenvalue weighted by atomic mass is 9.78. The highest BCUT2D eigenvalue weighted by Crippen LogP contribution is 2.33. The summed E-state index contributed by atoms with van der Waals surface area (Å²) in [6.45, 7) is 7.05. The van der Waals surface area contributed by atoms with Crippen molar-refractivity contribution in [2.75, 3.05) is 26.9 Å². The predicted octanol–water partition coefficient (Wildman–Crippen LogP) is 2.21. The van der Waals surface area contributed by atoms with Gasteiger partial charge in [-0.15, -0.1) is 0 Å². The van der Waals surface area contributed by atoms with E-state index in [0.29, 0.717) is 12.1 Å². The Morgan fingerprint density at radius 3 is 2.62 bits per heavy atom. The van der Waals surface area contributed by atoms with Crippen LogP contribution in [0.25, 0.3) is 0 Å². The van der Waals surface area contributed by atoms with Crippen molar-refractivity contribution in [1.82, 2.24) is 5.32 Å². The molecule has 1 atom stereocenters. The van der Waals surface area contributed by atoms with Gasteiger partial charge < -0.3 is 14.8 Å². The van der Waals surface area contributed by atoms with Crippen LogP contribution in [-0.4, -0.2) is 39.0 Å². The highest BCUT2D eigenvalue weighted by molar-refractivity contribution is 4.84. The molecule has 1 rings (SSSR count). The van der Waals surface area contributed by atoms with E-state index in [1.807, 2.05) is 0 Å². The van der Waals surface area contributed by atoms with Crippen molar-refractivity contribution in [1.29, 1.82) is 0 Å². The fourth-order valence-electron chi connectivity index (χ4n) is 2.40. The number of ether oxygens (including phenoxy) is 2. The van der Waals surface area contributed by atoms with Crippen molar-refractivity contribution in [3.05, 3.63) is 0 Å². The predicted molar refractivity (Wildman–Crippen MR) is 66.7 cm³/mol. The number of hydrogen-bond donors (Lipinski definition) is 1. The first-order chi connectivity index (χ1) is 7.80. The molecule has 0 heterocycles. The minimum atomic E-state index is 0.525. The van der Waals surface area contributed by atoms with Crippen LogP contribution in [0.2, 0.25) is 0 Å². The van der Waals surface area contributed by atoms with Crippen LogP contribution >= 0.6 is 0 Å². The van der Waals surface area contributed by atoms with E-state index in [9.17, 15) is 0 Å². The summed E-state index contributed by atoms with van der Waals surface area (Å²) in [5.74, 6) is 0.834. The van der Waals surface area contributed by atoms with Gasteiger partial charge in [-0.05, 0) is 45.1 Å². The maximum Gasteiger partial charge on any atom is 0.0615 e. The standard InChI is InChI=1S/C13H27NO2/c1-4-6-14-12(10-15-3)7-11-8-13(9-11)16-5-2/h11-14H,4-10H2,1-3H3. The van der Waals surface area contributed by atoms with E-state index in [4.69, 9.17) is 9.47 Å². The molecule has 0 radical (unpaired) electrons. The molecule has 96 valence electrons. The minimum Gasteiger partial charge on any atom is -0.383 e. The molecule has 0 spiro atoms. The molecule has 1 aliphatic rings. The van der Waals surface area contributed by atoms with Gasteiger partial charge in [-0.3, -0.25) is 0 Å². The minimum absolute atomic E-state index is 0.525. The van der Waals surface area contributed by atoms with Crippen LogP contribution in [0.4, 0.5) is 0 Å². The first-order valence-electron chi connectivity index (χ1n) is 6.64. The van der Waals surface area contributed by atoms with Gasteiger partial charge in [-0.1, -0.05) is 6.92 Å². The monoisotopic (exact) mass is 229 g/mol. The van der Waals surface area contributed by atoms with E-state index in [1.165, 1.54) is 25.7 Å². The fraction of sp³-hybridized carbons (Fsp3) is 1.00. The number of nitrogens with one attached hydrogen (secondary N) is 1. The first kappa shape index (κ1) is 13.9. The van der Waals surface area contributed by atoms with Crippen LogP contribution in [0.15, 0.2) is 0 Å². The molecule has 1 fully saturated rings. The van der Waals surface area contributed by atoms with Gasteiger partial charge in [-0.25, -0.2) is 0 Å². The van der Waals surface area contributed by atoms with Crippen LogP contribution in [0, 0.1) is 5.92 Å². The lowest BCUT2D eigenvalue weighted by Crippen LogP contribution is -2.40. The van der Waals surface area contributed by atoms with Crippen molar-refractivity contribution in [2.24, 2.45) is 5.92 Å². The van der Waals surface area contributed by atoms with E-state index in [1.54, 1.807) is 7.11 Å². The van der Waals surface area contributed by atoms with Gasteiger partial charge in [0.2, 0.25) is 0 Å². The summed E-state index contributed by atoms with van der Waals surface area (Å²) in [6.07, 6.45) is 5.43. The highest BCUT2D eigenvalue weighted by Gasteiger charge is 2.31. The van der Waals surface area contributed by atoms with Crippen molar-refractivity contribution < 1.29 is 9.47 Å². The number of methoxy groups -OCH3 is 1. The van der Waals surface area contributed by atoms with Crippen LogP contribution in [0.1, 0.15) is 39.5 Å². The Balaban J connectivity index is 2.12. The summed E-state index contributed by atoms with van der Waals surface area (Å²) in [6, 6.07) is 0.525. The second-order valence-electron chi connectivity index (χ2n) is 4.76. The highest BCUT2D eigenvalue weighted by atomic mass is 16.5. The molecule has 1 N–H and O–H groups in total. The fourth-order valence-corrected chi connectivity index (χ4v) is 2.40. The molecule has 16 heavy (non-hydrogen) atoms. The second-order valence-corrected chi connectivity index (χ2v) is 4.76. The zero-order valence-electron chi connectivity index (χ0n) is 11.0. The third kappa shape index (κ3) is 4.81. The molecule has 1 saturated carbocycles. The third-order valence-corrected chi connectivity index (χ3v) is 3.26. The van der Waals surface area contributed by atoms with E-state index < -0.39 is 0 Å². The molecule has 3 heteroatoms. The Hall–Kier alpha value is -0.120. The molecule has 0 aromatic rings. The van der Waals surface area contributed by atoms with Gasteiger partial charge in [-0.2, -0.15) is 0 Å². The zero-order valence-corrected chi connectivity index (χ0v) is 11.0. The molecule has 0 aromatic carbocycles. The maximum absolute atomic E-state index is 5.58. The van der Waals surface area contributed by atoms with Gasteiger partial charge in [0, 0.05) is 19.8 Å². The molecule has 1 unspecified atom stereocenters. The largest absolute Gasteiger partial charge is 0.383 e. The van der Waals surface area contributed by atoms with Gasteiger partial charge in [0.15, 0.2) is 0 Å². The normalized spacial score (nSPS) is 26.4. The van der Waals surface area contributed by atoms with Crippen LogP contribution in [0.3, 0.4) is 0 Å². The van der Waals surface area contributed by atoms with Crippen LogP contribution < -0.4 is 5.32 Å². The Kier molecular flexibility index (Phi) is 7.01. The molecule has 0 aromatic heterocycles. The lowest BCUT2D eigenvalue weighted by molar-refractivity contribution is -0.0312. The van der Waals surface area contributed by atoms with Crippen molar-refractivity contribution >= 4 is 0 Å². The number of rotatable bonds is 9. The van der Waals surface area contributed by atoms with Gasteiger partial charge >= 0.3 is 0 Å². The summed E-state index contributed by atoms with van der Waals surface area (Å²) in [7, 11) is 1.78. The summed E-state index contributed by atoms with van der Waals surface area (Å²) in [4.78, 5) is 0. The summed E-state index contributed by atoms with van der Waals surface area (Å²) in [5.41, 5.74) is 0. The summed E-state index contributed by atoms with van der Waals surface area (Å²) < 4.78 is 10.8. The molecule has 0 aliphatic heterocycles. The molecule has 1 aliphatic carbocycles. The molecular weight excluding hydrogens is 202 g/mol. The van der Waals surface area contributed by atoms with E-state index in [2.05, 4.69) is 19.2 Å². The summed E-state index contributed by atoms with van der Waals surface area (Å²) in [5, 5.41) is 3.55. The molecule has 0 bridgehead atoms. The topological polar surface area (TPSA) is 30.5 Å². The van der Waals surface area contributed by atoms with Crippen molar-refractivity contribution in [3.63, 3.8) is 0 Å². The van der Waals surface area contributed by atoms with Crippen molar-refractivity contribution in [2.45, 2.75) is 51.7 Å². The number of hydrogen-bond acceptors (Lipinski definition) is 3. The SMILES string of the molecule is CCCNC(COC)CC1CC(OCC)C1. The second kappa shape index (κ2) is 8.04. The Bertz CT molecular complexity index is 169. The van der Waals surface area contributed by atoms with Crippen LogP contribution in [0.5, 0.6) is 0 Å². The molecule has 0 saturated heterocycles. The summed E-state index contributed by atoms with van der Waals surface area (Å²) >= 11 is 0. The van der Waals surface area contributed by atoms with Crippen molar-refractivity contribution in [3.8, 4) is 0 Å². The average molecular weight is 229 g/mol. The Morgan fingerprint density at radius 1 is 1.31 bits per heavy atom. The zero-order chi connectivity index (χ0) is 11.8. The first-order valence-corrected chi connectivity index (χ1v) is 6.64. The smallest absolute Gasteiger partial charge is 0.0615 e. The van der Waals surface area contributed by atoms with Gasteiger partial charge in [0.05, 0.1) is 12.7 Å². The average Bonchev–Trinajstić information content (AvgIpc) is 2.23. The molecular formula is C13H27NO2. The van der Waals surface area contributed by atoms with Gasteiger partial charge in [0.25, 0.3) is 0 Å². The van der Waals surface area contributed by atoms with Crippen LogP contribution in [-0.2, 0) is 9.47 Å². The Labute approximate surface area is 99.9 Å². The molecule has 3 nitrogen and oxygen atoms in total. The maximum atomic E-state index is 5.58.